The number of aliphatic carboxylic acids is 2. The lowest BCUT2D eigenvalue weighted by Crippen LogP contribution is -2.50. The molecule has 0 saturated heterocycles. The molecule has 0 aromatic carbocycles. The van der Waals surface area contributed by atoms with Crippen molar-refractivity contribution >= 4 is 72.6 Å². The van der Waals surface area contributed by atoms with E-state index in [1.54, 1.807) is 0 Å². The van der Waals surface area contributed by atoms with Gasteiger partial charge >= 0.3 is 11.9 Å². The van der Waals surface area contributed by atoms with Crippen LogP contribution in [-0.2, 0) is 38.4 Å². The summed E-state index contributed by atoms with van der Waals surface area (Å²) in [6.07, 6.45) is 2.51. The summed E-state index contributed by atoms with van der Waals surface area (Å²) < 4.78 is 0. The Balaban J connectivity index is 3.91. The fourth-order valence-electron chi connectivity index (χ4n) is 3.79. The van der Waals surface area contributed by atoms with E-state index in [4.69, 9.17) is 21.7 Å². The molecule has 0 aliphatic carbocycles. The van der Waals surface area contributed by atoms with E-state index in [1.807, 2.05) is 0 Å². The van der Waals surface area contributed by atoms with Crippen LogP contribution in [0.3, 0.4) is 0 Å². The smallest absolute Gasteiger partial charge is 0.320 e. The van der Waals surface area contributed by atoms with Crippen LogP contribution in [0.2, 0.25) is 0 Å². The summed E-state index contributed by atoms with van der Waals surface area (Å²) in [5, 5.41) is 35.8. The highest BCUT2D eigenvalue weighted by atomic mass is 32.1. The lowest BCUT2D eigenvalue weighted by Gasteiger charge is -2.17. The minimum absolute atomic E-state index is 0.0222. The van der Waals surface area contributed by atoms with Gasteiger partial charge in [-0.05, 0) is 45.2 Å². The highest BCUT2D eigenvalue weighted by molar-refractivity contribution is 7.80. The van der Waals surface area contributed by atoms with Gasteiger partial charge in [0.2, 0.25) is 35.4 Å². The summed E-state index contributed by atoms with van der Waals surface area (Å²) >= 11 is 8.06. The Hall–Kier alpha value is -3.66. The van der Waals surface area contributed by atoms with Crippen LogP contribution in [-0.4, -0.2) is 133 Å². The van der Waals surface area contributed by atoms with Crippen LogP contribution >= 0.6 is 25.3 Å². The molecule has 13 N–H and O–H groups in total. The Morgan fingerprint density at radius 3 is 1.33 bits per heavy atom. The maximum absolute atomic E-state index is 12.3. The summed E-state index contributed by atoms with van der Waals surface area (Å²) in [5.74, 6) is -5.62. The molecular weight excluding hydrogens is 686 g/mol. The number of thiol groups is 2. The SMILES string of the molecule is NC(CCC(=O)NC(CS)C(=O)NCC(=O)NCCCCCNCCCNC(=O)CNC(=O)C(CS)NC(=O)CCC(N)C(=O)O)C(=O)O. The third-order valence-electron chi connectivity index (χ3n) is 6.72. The molecule has 0 fully saturated rings. The van der Waals surface area contributed by atoms with Gasteiger partial charge in [-0.3, -0.25) is 38.4 Å². The number of unbranched alkanes of at least 4 members (excludes halogenated alkanes) is 2. The molecule has 280 valence electrons. The molecule has 0 aromatic rings. The van der Waals surface area contributed by atoms with Crippen molar-refractivity contribution in [2.45, 2.75) is 75.5 Å². The summed E-state index contributed by atoms with van der Waals surface area (Å²) in [5.41, 5.74) is 10.7. The van der Waals surface area contributed by atoms with Crippen molar-refractivity contribution in [2.75, 3.05) is 50.8 Å². The van der Waals surface area contributed by atoms with Crippen LogP contribution in [0, 0.1) is 0 Å². The van der Waals surface area contributed by atoms with Crippen LogP contribution in [0.5, 0.6) is 0 Å². The number of nitrogens with two attached hydrogens (primary N) is 2. The molecule has 0 bridgehead atoms. The predicted molar refractivity (Wildman–Crippen MR) is 185 cm³/mol. The lowest BCUT2D eigenvalue weighted by molar-refractivity contribution is -0.140. The van der Waals surface area contributed by atoms with Crippen molar-refractivity contribution in [3.05, 3.63) is 0 Å². The first-order valence-corrected chi connectivity index (χ1v) is 17.0. The zero-order valence-corrected chi connectivity index (χ0v) is 29.1. The summed E-state index contributed by atoms with van der Waals surface area (Å²) in [7, 11) is 0. The van der Waals surface area contributed by atoms with Crippen molar-refractivity contribution in [3.8, 4) is 0 Å². The summed E-state index contributed by atoms with van der Waals surface area (Å²) in [6.45, 7) is 1.59. The maximum Gasteiger partial charge on any atom is 0.320 e. The van der Waals surface area contributed by atoms with Crippen molar-refractivity contribution < 1.29 is 48.6 Å². The van der Waals surface area contributed by atoms with E-state index < -0.39 is 71.5 Å². The molecule has 6 amide bonds. The number of nitrogens with one attached hydrogen (secondary N) is 7. The van der Waals surface area contributed by atoms with E-state index in [1.165, 1.54) is 0 Å². The van der Waals surface area contributed by atoms with E-state index in [0.29, 0.717) is 32.5 Å². The number of carboxylic acid groups (broad SMARTS) is 2. The first-order chi connectivity index (χ1) is 23.2. The summed E-state index contributed by atoms with van der Waals surface area (Å²) in [4.78, 5) is 93.9. The molecule has 49 heavy (non-hydrogen) atoms. The van der Waals surface area contributed by atoms with Gasteiger partial charge in [-0.25, -0.2) is 0 Å². The molecule has 0 radical (unpaired) electrons. The number of rotatable bonds is 28. The summed E-state index contributed by atoms with van der Waals surface area (Å²) in [6, 6.07) is -4.37. The van der Waals surface area contributed by atoms with E-state index in [0.717, 1.165) is 19.4 Å². The molecule has 0 rings (SSSR count). The average molecular weight is 738 g/mol. The first kappa shape index (κ1) is 45.3. The molecule has 0 spiro atoms. The van der Waals surface area contributed by atoms with Crippen molar-refractivity contribution in [3.63, 3.8) is 0 Å². The van der Waals surface area contributed by atoms with Crippen molar-refractivity contribution in [1.82, 2.24) is 37.2 Å². The molecule has 0 aromatic heterocycles. The van der Waals surface area contributed by atoms with Crippen LogP contribution in [0.4, 0.5) is 0 Å². The van der Waals surface area contributed by atoms with E-state index in [9.17, 15) is 38.4 Å². The fraction of sp³-hybridized carbons (Fsp3) is 0.714. The van der Waals surface area contributed by atoms with Gasteiger partial charge in [0.1, 0.15) is 24.2 Å². The van der Waals surface area contributed by atoms with Gasteiger partial charge in [0.05, 0.1) is 13.1 Å². The normalized spacial score (nSPS) is 13.1. The fourth-order valence-corrected chi connectivity index (χ4v) is 4.31. The lowest BCUT2D eigenvalue weighted by atomic mass is 10.1. The number of carbonyl (C=O) groups excluding carboxylic acids is 6. The maximum atomic E-state index is 12.3. The minimum Gasteiger partial charge on any atom is -0.480 e. The Morgan fingerprint density at radius 2 is 0.918 bits per heavy atom. The van der Waals surface area contributed by atoms with E-state index in [2.05, 4.69) is 62.5 Å². The van der Waals surface area contributed by atoms with Crippen molar-refractivity contribution in [2.24, 2.45) is 11.5 Å². The van der Waals surface area contributed by atoms with Gasteiger partial charge in [0.15, 0.2) is 0 Å². The van der Waals surface area contributed by atoms with E-state index >= 15 is 0 Å². The van der Waals surface area contributed by atoms with Crippen LogP contribution in [0.1, 0.15) is 51.4 Å². The third kappa shape index (κ3) is 23.4. The molecule has 4 atom stereocenters. The topological polar surface area (TPSA) is 313 Å². The quantitative estimate of drug-likeness (QED) is 0.0268. The van der Waals surface area contributed by atoms with Gasteiger partial charge in [0, 0.05) is 37.4 Å². The third-order valence-corrected chi connectivity index (χ3v) is 7.45. The molecule has 0 aliphatic heterocycles. The monoisotopic (exact) mass is 737 g/mol. The number of hydrogen-bond donors (Lipinski definition) is 13. The Bertz CT molecular complexity index is 1020. The molecule has 0 aliphatic rings. The highest BCUT2D eigenvalue weighted by Gasteiger charge is 2.22. The Morgan fingerprint density at radius 1 is 0.531 bits per heavy atom. The van der Waals surface area contributed by atoms with Crippen LogP contribution < -0.4 is 48.7 Å². The second-order valence-corrected chi connectivity index (χ2v) is 11.6. The van der Waals surface area contributed by atoms with Gasteiger partial charge in [-0.15, -0.1) is 0 Å². The van der Waals surface area contributed by atoms with Gasteiger partial charge in [0.25, 0.3) is 0 Å². The molecule has 21 heteroatoms. The second kappa shape index (κ2) is 27.2. The minimum atomic E-state index is -1.23. The molecule has 4 unspecified atom stereocenters. The van der Waals surface area contributed by atoms with Crippen LogP contribution in [0.25, 0.3) is 0 Å². The highest BCUT2D eigenvalue weighted by Crippen LogP contribution is 1.99. The van der Waals surface area contributed by atoms with Gasteiger partial charge in [-0.1, -0.05) is 6.42 Å². The molecule has 0 heterocycles. The predicted octanol–water partition coefficient (Wildman–Crippen LogP) is -4.19. The standard InChI is InChI=1S/C28H51N9O10S2/c29-17(27(44)45)5-7-21(38)36-19(15-48)25(42)34-13-23(40)32-11-3-1-2-9-31-10-4-12-33-24(41)14-35-26(43)20(16-49)37-22(39)8-6-18(30)28(46)47/h17-20,31,48-49H,1-16,29-30H2,(H,32,40)(H,33,41)(H,34,42)(H,35,43)(H,36,38)(H,37,39)(H,44,45)(H,46,47). The van der Waals surface area contributed by atoms with Crippen LogP contribution in [0.15, 0.2) is 0 Å². The average Bonchev–Trinajstić information content (AvgIpc) is 3.07. The van der Waals surface area contributed by atoms with E-state index in [-0.39, 0.29) is 50.3 Å². The molecular formula is C28H51N9O10S2. The first-order valence-electron chi connectivity index (χ1n) is 15.8. The van der Waals surface area contributed by atoms with Gasteiger partial charge < -0.3 is 58.9 Å². The zero-order chi connectivity index (χ0) is 37.2. The molecule has 0 saturated carbocycles. The second-order valence-electron chi connectivity index (χ2n) is 10.9. The largest absolute Gasteiger partial charge is 0.480 e. The Kier molecular flexibility index (Phi) is 25.2. The number of carbonyl (C=O) groups is 8. The van der Waals surface area contributed by atoms with Gasteiger partial charge in [-0.2, -0.15) is 25.3 Å². The zero-order valence-electron chi connectivity index (χ0n) is 27.3. The van der Waals surface area contributed by atoms with Crippen molar-refractivity contribution in [1.29, 1.82) is 0 Å². The molecule has 19 nitrogen and oxygen atoms in total. The number of carboxylic acids is 2. The number of hydrogen-bond acceptors (Lipinski definition) is 13. The Labute approximate surface area is 295 Å². The number of amides is 6.